The fraction of sp³-hybridized carbons (Fsp3) is 0.286. The van der Waals surface area contributed by atoms with Crippen LogP contribution in [0.5, 0.6) is 0 Å². The van der Waals surface area contributed by atoms with Gasteiger partial charge in [0.1, 0.15) is 11.5 Å². The Morgan fingerprint density at radius 1 is 1.35 bits per heavy atom. The molecule has 0 fully saturated rings. The Morgan fingerprint density at radius 2 is 2.15 bits per heavy atom. The van der Waals surface area contributed by atoms with Crippen molar-refractivity contribution in [2.45, 2.75) is 19.9 Å². The van der Waals surface area contributed by atoms with E-state index in [0.717, 1.165) is 24.3 Å². The quantitative estimate of drug-likeness (QED) is 0.488. The van der Waals surface area contributed by atoms with E-state index in [-0.39, 0.29) is 5.69 Å². The first-order valence-electron chi connectivity index (χ1n) is 6.35. The van der Waals surface area contributed by atoms with Crippen molar-refractivity contribution in [2.24, 2.45) is 0 Å². The molecule has 0 aliphatic carbocycles. The van der Waals surface area contributed by atoms with Crippen LogP contribution in [0.25, 0.3) is 11.3 Å². The van der Waals surface area contributed by atoms with Gasteiger partial charge in [-0.1, -0.05) is 6.92 Å². The largest absolute Gasteiger partial charge is 0.460 e. The number of nitro benzene ring substituents is 1. The van der Waals surface area contributed by atoms with Gasteiger partial charge in [-0.25, -0.2) is 0 Å². The molecule has 1 heterocycles. The Morgan fingerprint density at radius 3 is 2.80 bits per heavy atom. The number of nitrogens with zero attached hydrogens (tertiary/aromatic N) is 1. The molecular weight excluding hydrogens is 324 g/mol. The maximum Gasteiger partial charge on any atom is 0.270 e. The Labute approximate surface area is 125 Å². The van der Waals surface area contributed by atoms with E-state index in [1.54, 1.807) is 6.07 Å². The first-order chi connectivity index (χ1) is 9.61. The van der Waals surface area contributed by atoms with Gasteiger partial charge in [0.05, 0.1) is 11.5 Å². The standard InChI is InChI=1S/C14H15BrN2O3/c1-2-7-16-9-11-4-6-14(20-11)12-5-3-10(17(18)19)8-13(12)15/h3-6,8,16H,2,7,9H2,1H3. The first-order valence-corrected chi connectivity index (χ1v) is 7.15. The lowest BCUT2D eigenvalue weighted by molar-refractivity contribution is -0.384. The lowest BCUT2D eigenvalue weighted by Gasteiger charge is -2.02. The molecule has 1 N–H and O–H groups in total. The number of nitrogens with one attached hydrogen (secondary N) is 1. The molecule has 6 heteroatoms. The number of furan rings is 1. The fourth-order valence-electron chi connectivity index (χ4n) is 1.82. The van der Waals surface area contributed by atoms with Crippen molar-refractivity contribution in [3.63, 3.8) is 0 Å². The van der Waals surface area contributed by atoms with Gasteiger partial charge in [-0.05, 0) is 47.1 Å². The molecule has 0 atom stereocenters. The molecule has 0 radical (unpaired) electrons. The predicted molar refractivity (Wildman–Crippen MR) is 80.5 cm³/mol. The highest BCUT2D eigenvalue weighted by Gasteiger charge is 2.13. The summed E-state index contributed by atoms with van der Waals surface area (Å²) in [7, 11) is 0. The van der Waals surface area contributed by atoms with Gasteiger partial charge < -0.3 is 9.73 Å². The zero-order valence-corrected chi connectivity index (χ0v) is 12.6. The molecular formula is C14H15BrN2O3. The van der Waals surface area contributed by atoms with E-state index >= 15 is 0 Å². The molecule has 0 amide bonds. The molecule has 2 rings (SSSR count). The summed E-state index contributed by atoms with van der Waals surface area (Å²) in [5.74, 6) is 1.54. The monoisotopic (exact) mass is 338 g/mol. The molecule has 20 heavy (non-hydrogen) atoms. The van der Waals surface area contributed by atoms with Crippen molar-refractivity contribution in [1.82, 2.24) is 5.32 Å². The first kappa shape index (κ1) is 14.7. The minimum atomic E-state index is -0.420. The smallest absolute Gasteiger partial charge is 0.270 e. The van der Waals surface area contributed by atoms with Crippen LogP contribution in [0.2, 0.25) is 0 Å². The zero-order valence-electron chi connectivity index (χ0n) is 11.1. The van der Waals surface area contributed by atoms with Gasteiger partial charge in [0.15, 0.2) is 0 Å². The summed E-state index contributed by atoms with van der Waals surface area (Å²) in [6, 6.07) is 8.41. The molecule has 1 aromatic carbocycles. The summed E-state index contributed by atoms with van der Waals surface area (Å²) in [6.07, 6.45) is 1.07. The molecule has 0 aliphatic rings. The second kappa shape index (κ2) is 6.67. The molecule has 0 saturated heterocycles. The minimum absolute atomic E-state index is 0.0528. The second-order valence-electron chi connectivity index (χ2n) is 4.36. The van der Waals surface area contributed by atoms with E-state index in [4.69, 9.17) is 4.42 Å². The number of benzene rings is 1. The maximum atomic E-state index is 10.7. The summed E-state index contributed by atoms with van der Waals surface area (Å²) in [5, 5.41) is 14.0. The topological polar surface area (TPSA) is 68.3 Å². The molecule has 0 saturated carbocycles. The van der Waals surface area contributed by atoms with Crippen molar-refractivity contribution in [3.05, 3.63) is 50.7 Å². The number of hydrogen-bond donors (Lipinski definition) is 1. The fourth-order valence-corrected chi connectivity index (χ4v) is 2.39. The Balaban J connectivity index is 2.17. The molecule has 0 spiro atoms. The number of non-ortho nitro benzene ring substituents is 1. The lowest BCUT2D eigenvalue weighted by Crippen LogP contribution is -2.12. The molecule has 0 bridgehead atoms. The third kappa shape index (κ3) is 3.46. The number of rotatable bonds is 6. The van der Waals surface area contributed by atoms with Crippen LogP contribution in [0.1, 0.15) is 19.1 Å². The van der Waals surface area contributed by atoms with Gasteiger partial charge in [-0.15, -0.1) is 0 Å². The van der Waals surface area contributed by atoms with Crippen LogP contribution in [-0.4, -0.2) is 11.5 Å². The van der Waals surface area contributed by atoms with Crippen LogP contribution in [0.3, 0.4) is 0 Å². The third-order valence-corrected chi connectivity index (χ3v) is 3.47. The number of halogens is 1. The van der Waals surface area contributed by atoms with Crippen molar-refractivity contribution in [3.8, 4) is 11.3 Å². The second-order valence-corrected chi connectivity index (χ2v) is 5.22. The molecule has 0 unspecified atom stereocenters. The van der Waals surface area contributed by atoms with Gasteiger partial charge >= 0.3 is 0 Å². The number of hydrogen-bond acceptors (Lipinski definition) is 4. The highest BCUT2D eigenvalue weighted by atomic mass is 79.9. The van der Waals surface area contributed by atoms with Crippen LogP contribution < -0.4 is 5.32 Å². The summed E-state index contributed by atoms with van der Waals surface area (Å²) in [4.78, 5) is 10.3. The lowest BCUT2D eigenvalue weighted by atomic mass is 10.1. The Bertz CT molecular complexity index is 610. The average molecular weight is 339 g/mol. The predicted octanol–water partition coefficient (Wildman–Crippen LogP) is 4.12. The highest BCUT2D eigenvalue weighted by molar-refractivity contribution is 9.10. The van der Waals surface area contributed by atoms with E-state index in [1.807, 2.05) is 12.1 Å². The van der Waals surface area contributed by atoms with E-state index < -0.39 is 4.92 Å². The average Bonchev–Trinajstić information content (AvgIpc) is 2.87. The summed E-state index contributed by atoms with van der Waals surface area (Å²) in [6.45, 7) is 3.73. The molecule has 1 aromatic heterocycles. The SMILES string of the molecule is CCCNCc1ccc(-c2ccc([N+](=O)[O-])cc2Br)o1. The van der Waals surface area contributed by atoms with E-state index in [0.29, 0.717) is 16.8 Å². The maximum absolute atomic E-state index is 10.7. The van der Waals surface area contributed by atoms with Crippen molar-refractivity contribution < 1.29 is 9.34 Å². The van der Waals surface area contributed by atoms with Gasteiger partial charge in [-0.3, -0.25) is 10.1 Å². The highest BCUT2D eigenvalue weighted by Crippen LogP contribution is 2.32. The van der Waals surface area contributed by atoms with E-state index in [2.05, 4.69) is 28.2 Å². The normalized spacial score (nSPS) is 10.7. The minimum Gasteiger partial charge on any atom is -0.460 e. The van der Waals surface area contributed by atoms with Gasteiger partial charge in [0, 0.05) is 22.2 Å². The van der Waals surface area contributed by atoms with Crippen LogP contribution in [0.15, 0.2) is 39.2 Å². The molecule has 0 aliphatic heterocycles. The van der Waals surface area contributed by atoms with Crippen molar-refractivity contribution >= 4 is 21.6 Å². The summed E-state index contributed by atoms with van der Waals surface area (Å²) >= 11 is 3.35. The molecule has 2 aromatic rings. The molecule has 5 nitrogen and oxygen atoms in total. The van der Waals surface area contributed by atoms with Gasteiger partial charge in [0.25, 0.3) is 5.69 Å². The van der Waals surface area contributed by atoms with E-state index in [1.165, 1.54) is 12.1 Å². The van der Waals surface area contributed by atoms with E-state index in [9.17, 15) is 10.1 Å². The van der Waals surface area contributed by atoms with Crippen LogP contribution >= 0.6 is 15.9 Å². The van der Waals surface area contributed by atoms with Gasteiger partial charge in [0.2, 0.25) is 0 Å². The van der Waals surface area contributed by atoms with Crippen molar-refractivity contribution in [1.29, 1.82) is 0 Å². The summed E-state index contributed by atoms with van der Waals surface area (Å²) < 4.78 is 6.38. The number of nitro groups is 1. The third-order valence-electron chi connectivity index (χ3n) is 2.82. The summed E-state index contributed by atoms with van der Waals surface area (Å²) in [5.41, 5.74) is 0.856. The zero-order chi connectivity index (χ0) is 14.5. The van der Waals surface area contributed by atoms with Crippen LogP contribution in [0, 0.1) is 10.1 Å². The van der Waals surface area contributed by atoms with Crippen LogP contribution in [-0.2, 0) is 6.54 Å². The van der Waals surface area contributed by atoms with Crippen molar-refractivity contribution in [2.75, 3.05) is 6.54 Å². The Hall–Kier alpha value is -1.66. The Kier molecular flexibility index (Phi) is 4.92. The van der Waals surface area contributed by atoms with Crippen LogP contribution in [0.4, 0.5) is 5.69 Å². The van der Waals surface area contributed by atoms with Gasteiger partial charge in [-0.2, -0.15) is 0 Å². The molecule has 106 valence electrons.